The van der Waals surface area contributed by atoms with Gasteiger partial charge in [-0.25, -0.2) is 9.97 Å². The molecule has 2 N–H and O–H groups in total. The summed E-state index contributed by atoms with van der Waals surface area (Å²) in [7, 11) is 0. The van der Waals surface area contributed by atoms with Gasteiger partial charge in [0.25, 0.3) is 0 Å². The third-order valence-corrected chi connectivity index (χ3v) is 5.24. The Morgan fingerprint density at radius 3 is 2.71 bits per heavy atom. The molecule has 0 saturated carbocycles. The molecule has 0 unspecified atom stereocenters. The van der Waals surface area contributed by atoms with E-state index in [-0.39, 0.29) is 0 Å². The molecule has 122 valence electrons. The summed E-state index contributed by atoms with van der Waals surface area (Å²) in [6.07, 6.45) is 2.87. The smallest absolute Gasteiger partial charge is 0.189 e. The Labute approximate surface area is 146 Å². The SMILES string of the molecule is CSc1nc(N)c2c(n1)CN(c1cccc3cccc(C)c13)CC2. The van der Waals surface area contributed by atoms with Gasteiger partial charge in [-0.3, -0.25) is 0 Å². The summed E-state index contributed by atoms with van der Waals surface area (Å²) in [6, 6.07) is 13.0. The standard InChI is InChI=1S/C19H20N4S/c1-12-5-3-6-13-7-4-8-16(17(12)13)23-10-9-14-15(11-23)21-19(24-2)22-18(14)20/h3-8H,9-11H2,1-2H3,(H2,20,21,22). The van der Waals surface area contributed by atoms with E-state index < -0.39 is 0 Å². The number of hydrogen-bond donors (Lipinski definition) is 1. The lowest BCUT2D eigenvalue weighted by Crippen LogP contribution is -2.32. The van der Waals surface area contributed by atoms with Crippen LogP contribution in [0.5, 0.6) is 0 Å². The molecule has 4 nitrogen and oxygen atoms in total. The zero-order valence-corrected chi connectivity index (χ0v) is 14.7. The first-order valence-corrected chi connectivity index (χ1v) is 9.32. The number of nitrogens with two attached hydrogens (primary N) is 1. The van der Waals surface area contributed by atoms with Gasteiger partial charge >= 0.3 is 0 Å². The van der Waals surface area contributed by atoms with Crippen LogP contribution in [0.2, 0.25) is 0 Å². The van der Waals surface area contributed by atoms with Gasteiger partial charge < -0.3 is 10.6 Å². The summed E-state index contributed by atoms with van der Waals surface area (Å²) in [6.45, 7) is 3.89. The molecular weight excluding hydrogens is 316 g/mol. The minimum Gasteiger partial charge on any atom is -0.383 e. The topological polar surface area (TPSA) is 55.0 Å². The maximum atomic E-state index is 6.13. The number of aryl methyl sites for hydroxylation is 1. The minimum atomic E-state index is 0.637. The van der Waals surface area contributed by atoms with Crippen molar-refractivity contribution in [3.05, 3.63) is 53.2 Å². The van der Waals surface area contributed by atoms with Crippen molar-refractivity contribution in [2.24, 2.45) is 0 Å². The van der Waals surface area contributed by atoms with E-state index in [4.69, 9.17) is 10.7 Å². The monoisotopic (exact) mass is 336 g/mol. The van der Waals surface area contributed by atoms with E-state index in [1.807, 2.05) is 6.26 Å². The highest BCUT2D eigenvalue weighted by atomic mass is 32.2. The van der Waals surface area contributed by atoms with Crippen molar-refractivity contribution < 1.29 is 0 Å². The Morgan fingerprint density at radius 2 is 1.92 bits per heavy atom. The first-order valence-electron chi connectivity index (χ1n) is 8.10. The number of nitrogen functional groups attached to an aromatic ring is 1. The van der Waals surface area contributed by atoms with E-state index in [0.717, 1.165) is 35.9 Å². The van der Waals surface area contributed by atoms with E-state index in [1.54, 1.807) is 0 Å². The molecule has 0 bridgehead atoms. The summed E-state index contributed by atoms with van der Waals surface area (Å²) in [5.74, 6) is 0.637. The van der Waals surface area contributed by atoms with Crippen LogP contribution in [0.4, 0.5) is 11.5 Å². The molecule has 1 aromatic heterocycles. The van der Waals surface area contributed by atoms with E-state index in [2.05, 4.69) is 53.2 Å². The fourth-order valence-electron chi connectivity index (χ4n) is 3.50. The Morgan fingerprint density at radius 1 is 1.12 bits per heavy atom. The number of aromatic nitrogens is 2. The summed E-state index contributed by atoms with van der Waals surface area (Å²) in [4.78, 5) is 11.5. The van der Waals surface area contributed by atoms with Crippen LogP contribution in [-0.4, -0.2) is 22.8 Å². The predicted octanol–water partition coefficient (Wildman–Crippen LogP) is 3.81. The third-order valence-electron chi connectivity index (χ3n) is 4.69. The van der Waals surface area contributed by atoms with E-state index in [1.165, 1.54) is 33.8 Å². The number of thioether (sulfide) groups is 1. The third kappa shape index (κ3) is 2.49. The molecule has 1 aliphatic heterocycles. The number of anilines is 2. The summed E-state index contributed by atoms with van der Waals surface area (Å²) in [5.41, 5.74) is 10.9. The number of rotatable bonds is 2. The molecule has 2 aromatic carbocycles. The normalized spacial score (nSPS) is 14.0. The van der Waals surface area contributed by atoms with Gasteiger partial charge in [0.15, 0.2) is 5.16 Å². The molecule has 2 heterocycles. The van der Waals surface area contributed by atoms with Crippen molar-refractivity contribution in [1.29, 1.82) is 0 Å². The van der Waals surface area contributed by atoms with Crippen molar-refractivity contribution in [1.82, 2.24) is 9.97 Å². The van der Waals surface area contributed by atoms with Gasteiger partial charge in [0, 0.05) is 23.2 Å². The quantitative estimate of drug-likeness (QED) is 0.570. The summed E-state index contributed by atoms with van der Waals surface area (Å²) >= 11 is 1.54. The van der Waals surface area contributed by atoms with Crippen molar-refractivity contribution >= 4 is 34.0 Å². The van der Waals surface area contributed by atoms with Crippen molar-refractivity contribution in [2.75, 3.05) is 23.4 Å². The van der Waals surface area contributed by atoms with E-state index >= 15 is 0 Å². The number of benzene rings is 2. The highest BCUT2D eigenvalue weighted by molar-refractivity contribution is 7.98. The number of nitrogens with zero attached hydrogens (tertiary/aromatic N) is 3. The number of hydrogen-bond acceptors (Lipinski definition) is 5. The molecule has 4 rings (SSSR count). The minimum absolute atomic E-state index is 0.637. The largest absolute Gasteiger partial charge is 0.383 e. The molecule has 0 radical (unpaired) electrons. The van der Waals surface area contributed by atoms with Crippen LogP contribution in [0.1, 0.15) is 16.8 Å². The number of fused-ring (bicyclic) bond motifs is 2. The van der Waals surface area contributed by atoms with Crippen LogP contribution >= 0.6 is 11.8 Å². The van der Waals surface area contributed by atoms with Crippen molar-refractivity contribution in [3.8, 4) is 0 Å². The fraction of sp³-hybridized carbons (Fsp3) is 0.263. The van der Waals surface area contributed by atoms with Crippen LogP contribution in [0.3, 0.4) is 0 Å². The fourth-order valence-corrected chi connectivity index (χ4v) is 3.89. The average molecular weight is 336 g/mol. The first kappa shape index (κ1) is 15.3. The molecule has 3 aromatic rings. The van der Waals surface area contributed by atoms with Crippen LogP contribution in [0, 0.1) is 6.92 Å². The van der Waals surface area contributed by atoms with Gasteiger partial charge in [-0.15, -0.1) is 0 Å². The molecule has 1 aliphatic rings. The summed E-state index contributed by atoms with van der Waals surface area (Å²) in [5, 5.41) is 3.36. The second-order valence-electron chi connectivity index (χ2n) is 6.14. The van der Waals surface area contributed by atoms with Crippen LogP contribution in [0.25, 0.3) is 10.8 Å². The molecule has 5 heteroatoms. The maximum Gasteiger partial charge on any atom is 0.189 e. The average Bonchev–Trinajstić information content (AvgIpc) is 2.61. The van der Waals surface area contributed by atoms with Crippen molar-refractivity contribution in [2.45, 2.75) is 25.0 Å². The maximum absolute atomic E-state index is 6.13. The van der Waals surface area contributed by atoms with Gasteiger partial charge in [-0.05, 0) is 36.6 Å². The lowest BCUT2D eigenvalue weighted by molar-refractivity contribution is 0.692. The second kappa shape index (κ2) is 5.98. The summed E-state index contributed by atoms with van der Waals surface area (Å²) < 4.78 is 0. The zero-order chi connectivity index (χ0) is 16.7. The highest BCUT2D eigenvalue weighted by Crippen LogP contribution is 2.33. The molecule has 0 fully saturated rings. The molecule has 24 heavy (non-hydrogen) atoms. The first-order chi connectivity index (χ1) is 11.7. The van der Waals surface area contributed by atoms with E-state index in [0.29, 0.717) is 5.82 Å². The Kier molecular flexibility index (Phi) is 3.81. The molecular formula is C19H20N4S. The predicted molar refractivity (Wildman–Crippen MR) is 102 cm³/mol. The van der Waals surface area contributed by atoms with Gasteiger partial charge in [-0.1, -0.05) is 42.1 Å². The van der Waals surface area contributed by atoms with Gasteiger partial charge in [0.05, 0.1) is 12.2 Å². The molecule has 0 aliphatic carbocycles. The van der Waals surface area contributed by atoms with Gasteiger partial charge in [-0.2, -0.15) is 0 Å². The molecule has 0 atom stereocenters. The van der Waals surface area contributed by atoms with Gasteiger partial charge in [0.1, 0.15) is 5.82 Å². The van der Waals surface area contributed by atoms with Crippen LogP contribution < -0.4 is 10.6 Å². The van der Waals surface area contributed by atoms with Crippen molar-refractivity contribution in [3.63, 3.8) is 0 Å². The Balaban J connectivity index is 1.79. The molecule has 0 spiro atoms. The van der Waals surface area contributed by atoms with E-state index in [9.17, 15) is 0 Å². The Hall–Kier alpha value is -2.27. The van der Waals surface area contributed by atoms with Crippen LogP contribution in [0.15, 0.2) is 41.6 Å². The highest BCUT2D eigenvalue weighted by Gasteiger charge is 2.22. The van der Waals surface area contributed by atoms with Gasteiger partial charge in [0.2, 0.25) is 0 Å². The zero-order valence-electron chi connectivity index (χ0n) is 13.9. The van der Waals surface area contributed by atoms with Crippen LogP contribution in [-0.2, 0) is 13.0 Å². The molecule has 0 amide bonds. The second-order valence-corrected chi connectivity index (χ2v) is 6.92. The lowest BCUT2D eigenvalue weighted by Gasteiger charge is -2.31. The molecule has 0 saturated heterocycles. The lowest BCUT2D eigenvalue weighted by atomic mass is 10.00. The Bertz CT molecular complexity index is 917.